The van der Waals surface area contributed by atoms with Gasteiger partial charge < -0.3 is 24.0 Å². The third kappa shape index (κ3) is 5.50. The number of aryl methyl sites for hydroxylation is 1. The van der Waals surface area contributed by atoms with E-state index >= 15 is 0 Å². The van der Waals surface area contributed by atoms with E-state index in [1.807, 2.05) is 19.1 Å². The van der Waals surface area contributed by atoms with Gasteiger partial charge in [-0.25, -0.2) is 9.78 Å². The highest BCUT2D eigenvalue weighted by atomic mass is 28.3. The molecule has 8 heteroatoms. The zero-order chi connectivity index (χ0) is 23.8. The zero-order valence-electron chi connectivity index (χ0n) is 20.5. The van der Waals surface area contributed by atoms with Crippen molar-refractivity contribution in [3.8, 4) is 0 Å². The van der Waals surface area contributed by atoms with Gasteiger partial charge in [0.2, 0.25) is 0 Å². The smallest absolute Gasteiger partial charge is 0.355 e. The minimum atomic E-state index is -1.23. The van der Waals surface area contributed by atoms with Crippen molar-refractivity contribution in [2.24, 2.45) is 11.8 Å². The summed E-state index contributed by atoms with van der Waals surface area (Å²) in [5.74, 6) is 2.24. The van der Waals surface area contributed by atoms with Crippen LogP contribution in [-0.2, 0) is 16.2 Å². The number of ether oxygens (including phenoxy) is 2. The number of nitrogens with zero attached hydrogens (tertiary/aromatic N) is 3. The monoisotopic (exact) mass is 471 g/mol. The van der Waals surface area contributed by atoms with Gasteiger partial charge in [-0.05, 0) is 56.3 Å². The molecule has 7 nitrogen and oxygen atoms in total. The van der Waals surface area contributed by atoms with Crippen LogP contribution in [0.5, 0.6) is 0 Å². The van der Waals surface area contributed by atoms with Crippen LogP contribution in [0, 0.1) is 18.8 Å². The van der Waals surface area contributed by atoms with E-state index in [2.05, 4.69) is 24.5 Å². The van der Waals surface area contributed by atoms with Gasteiger partial charge in [-0.1, -0.05) is 25.7 Å². The Bertz CT molecular complexity index is 990. The van der Waals surface area contributed by atoms with Crippen molar-refractivity contribution in [2.75, 3.05) is 31.2 Å². The molecule has 0 bridgehead atoms. The molecule has 0 spiro atoms. The maximum Gasteiger partial charge on any atom is 0.355 e. The fourth-order valence-corrected chi connectivity index (χ4v) is 5.31. The van der Waals surface area contributed by atoms with E-state index in [0.717, 1.165) is 48.0 Å². The predicted molar refractivity (Wildman–Crippen MR) is 131 cm³/mol. The molecular weight excluding hydrogens is 434 g/mol. The number of carbonyl (C=O) groups is 1. The molecule has 2 fully saturated rings. The van der Waals surface area contributed by atoms with Gasteiger partial charge in [0.25, 0.3) is 0 Å². The van der Waals surface area contributed by atoms with E-state index in [9.17, 15) is 9.90 Å². The summed E-state index contributed by atoms with van der Waals surface area (Å²) in [5.41, 5.74) is 2.52. The lowest BCUT2D eigenvalue weighted by Crippen LogP contribution is -2.24. The molecule has 2 aliphatic rings. The number of esters is 1. The summed E-state index contributed by atoms with van der Waals surface area (Å²) in [4.78, 5) is 19.7. The first-order valence-electron chi connectivity index (χ1n) is 12.0. The molecule has 1 saturated heterocycles. The number of aliphatic hydroxyl groups is 1. The van der Waals surface area contributed by atoms with Crippen molar-refractivity contribution in [2.45, 2.75) is 58.8 Å². The Balaban J connectivity index is 1.54. The molecule has 3 heterocycles. The topological polar surface area (TPSA) is 76.8 Å². The highest BCUT2D eigenvalue weighted by Gasteiger charge is 2.45. The largest absolute Gasteiger partial charge is 0.461 e. The number of rotatable bonds is 10. The average Bonchev–Trinajstić information content (AvgIpc) is 3.17. The van der Waals surface area contributed by atoms with Gasteiger partial charge in [-0.2, -0.15) is 0 Å². The molecule has 3 unspecified atom stereocenters. The van der Waals surface area contributed by atoms with Gasteiger partial charge >= 0.3 is 5.97 Å². The van der Waals surface area contributed by atoms with Crippen LogP contribution in [0.1, 0.15) is 46.9 Å². The molecule has 3 atom stereocenters. The van der Waals surface area contributed by atoms with Crippen molar-refractivity contribution in [1.29, 1.82) is 0 Å². The average molecular weight is 472 g/mol. The first kappa shape index (κ1) is 24.0. The maximum atomic E-state index is 12.5. The standard InChI is InChI=1S/C25H37N3O4Si/c1-6-32-25(30)22-9-8-21(28(22)16-31-11-12-33(3,4)5)24(29)20-7-10-23(26-17(20)2)27-14-18-13-19(18)15-27/h7-10,18-19,24,29H,6,11-16H2,1-5H3. The highest BCUT2D eigenvalue weighted by Crippen LogP contribution is 2.46. The Hall–Kier alpha value is -2.16. The number of aliphatic hydroxyl groups excluding tert-OH is 1. The minimum absolute atomic E-state index is 0.194. The Labute approximate surface area is 197 Å². The summed E-state index contributed by atoms with van der Waals surface area (Å²) in [6.07, 6.45) is 0.439. The van der Waals surface area contributed by atoms with Crippen molar-refractivity contribution in [3.05, 3.63) is 46.9 Å². The fourth-order valence-electron chi connectivity index (χ4n) is 4.55. The number of piperidine rings is 1. The Morgan fingerprint density at radius 2 is 1.94 bits per heavy atom. The van der Waals surface area contributed by atoms with Crippen molar-refractivity contribution >= 4 is 19.9 Å². The van der Waals surface area contributed by atoms with E-state index in [1.54, 1.807) is 23.6 Å². The van der Waals surface area contributed by atoms with E-state index in [4.69, 9.17) is 14.5 Å². The number of pyridine rings is 1. The van der Waals surface area contributed by atoms with Crippen LogP contribution in [0.4, 0.5) is 5.82 Å². The summed E-state index contributed by atoms with van der Waals surface area (Å²) in [6.45, 7) is 13.9. The predicted octanol–water partition coefficient (Wildman–Crippen LogP) is 4.22. The number of anilines is 1. The number of carbonyl (C=O) groups excluding carboxylic acids is 1. The van der Waals surface area contributed by atoms with Crippen LogP contribution in [0.3, 0.4) is 0 Å². The van der Waals surface area contributed by atoms with Crippen LogP contribution < -0.4 is 4.90 Å². The molecule has 0 radical (unpaired) electrons. The molecule has 1 aliphatic heterocycles. The number of aromatic nitrogens is 2. The number of hydrogen-bond donors (Lipinski definition) is 1. The number of hydrogen-bond acceptors (Lipinski definition) is 6. The van der Waals surface area contributed by atoms with Crippen LogP contribution >= 0.6 is 0 Å². The van der Waals surface area contributed by atoms with Crippen molar-refractivity contribution in [1.82, 2.24) is 9.55 Å². The molecule has 4 rings (SSSR count). The van der Waals surface area contributed by atoms with Crippen LogP contribution in [-0.4, -0.2) is 55.0 Å². The van der Waals surface area contributed by atoms with Crippen LogP contribution in [0.2, 0.25) is 25.7 Å². The van der Waals surface area contributed by atoms with Crippen LogP contribution in [0.25, 0.3) is 0 Å². The second-order valence-corrected chi connectivity index (χ2v) is 16.2. The van der Waals surface area contributed by atoms with Gasteiger partial charge in [-0.3, -0.25) is 0 Å². The lowest BCUT2D eigenvalue weighted by atomic mass is 10.1. The lowest BCUT2D eigenvalue weighted by Gasteiger charge is -2.22. The summed E-state index contributed by atoms with van der Waals surface area (Å²) < 4.78 is 12.9. The quantitative estimate of drug-likeness (QED) is 0.318. The molecule has 2 aromatic heterocycles. The summed E-state index contributed by atoms with van der Waals surface area (Å²) in [6, 6.07) is 8.47. The van der Waals surface area contributed by atoms with E-state index in [-0.39, 0.29) is 6.73 Å². The summed E-state index contributed by atoms with van der Waals surface area (Å²) >= 11 is 0. The molecule has 1 N–H and O–H groups in total. The lowest BCUT2D eigenvalue weighted by molar-refractivity contribution is 0.0461. The van der Waals surface area contributed by atoms with Gasteiger partial charge in [-0.15, -0.1) is 0 Å². The Morgan fingerprint density at radius 1 is 1.21 bits per heavy atom. The molecule has 1 aliphatic carbocycles. The Morgan fingerprint density at radius 3 is 2.58 bits per heavy atom. The highest BCUT2D eigenvalue weighted by molar-refractivity contribution is 6.76. The van der Waals surface area contributed by atoms with Crippen molar-refractivity contribution < 1.29 is 19.4 Å². The Kier molecular flexibility index (Phi) is 6.98. The van der Waals surface area contributed by atoms with E-state index in [1.165, 1.54) is 6.42 Å². The summed E-state index contributed by atoms with van der Waals surface area (Å²) in [7, 11) is -1.23. The molecule has 1 saturated carbocycles. The van der Waals surface area contributed by atoms with Gasteiger partial charge in [0, 0.05) is 39.0 Å². The summed E-state index contributed by atoms with van der Waals surface area (Å²) in [5, 5.41) is 11.3. The molecule has 33 heavy (non-hydrogen) atoms. The molecular formula is C25H37N3O4Si. The van der Waals surface area contributed by atoms with E-state index in [0.29, 0.717) is 24.6 Å². The van der Waals surface area contributed by atoms with Crippen molar-refractivity contribution in [3.63, 3.8) is 0 Å². The maximum absolute atomic E-state index is 12.5. The second kappa shape index (κ2) is 9.60. The molecule has 0 amide bonds. The van der Waals surface area contributed by atoms with E-state index < -0.39 is 20.1 Å². The van der Waals surface area contributed by atoms with Crippen LogP contribution in [0.15, 0.2) is 24.3 Å². The minimum Gasteiger partial charge on any atom is -0.461 e. The second-order valence-electron chi connectivity index (χ2n) is 10.5. The number of fused-ring (bicyclic) bond motifs is 1. The first-order valence-corrected chi connectivity index (χ1v) is 15.7. The normalized spacial score (nSPS) is 20.6. The van der Waals surface area contributed by atoms with Gasteiger partial charge in [0.15, 0.2) is 0 Å². The zero-order valence-corrected chi connectivity index (χ0v) is 21.5. The molecule has 180 valence electrons. The molecule has 0 aromatic carbocycles. The first-order chi connectivity index (χ1) is 15.7. The third-order valence-electron chi connectivity index (χ3n) is 6.71. The SMILES string of the molecule is CCOC(=O)c1ccc(C(O)c2ccc(N3CC4CC4C3)nc2C)n1COCC[Si](C)(C)C. The fraction of sp³-hybridized carbons (Fsp3) is 0.600. The molecule has 2 aromatic rings. The third-order valence-corrected chi connectivity index (χ3v) is 8.41. The van der Waals surface area contributed by atoms with Gasteiger partial charge in [0.05, 0.1) is 12.3 Å². The van der Waals surface area contributed by atoms with Gasteiger partial charge in [0.1, 0.15) is 24.3 Å².